The molecular formula is C18H19N5O. The first kappa shape index (κ1) is 15.9. The molecule has 0 radical (unpaired) electrons. The Balaban J connectivity index is 1.84. The second-order valence-electron chi connectivity index (χ2n) is 5.81. The van der Waals surface area contributed by atoms with Gasteiger partial charge in [0.25, 0.3) is 0 Å². The molecule has 2 heterocycles. The largest absolute Gasteiger partial charge is 0.369 e. The van der Waals surface area contributed by atoms with Gasteiger partial charge in [-0.1, -0.05) is 0 Å². The Morgan fingerprint density at radius 1 is 1.17 bits per heavy atom. The average Bonchev–Trinajstić information content (AvgIpc) is 2.88. The highest BCUT2D eigenvalue weighted by Gasteiger charge is 2.20. The van der Waals surface area contributed by atoms with Crippen LogP contribution in [0.2, 0.25) is 0 Å². The van der Waals surface area contributed by atoms with Crippen LogP contribution in [0.15, 0.2) is 36.5 Å². The van der Waals surface area contributed by atoms with E-state index in [0.29, 0.717) is 11.1 Å². The van der Waals surface area contributed by atoms with Gasteiger partial charge in [0.05, 0.1) is 11.6 Å². The first-order valence-corrected chi connectivity index (χ1v) is 8.02. The zero-order valence-corrected chi connectivity index (χ0v) is 13.6. The first-order valence-electron chi connectivity index (χ1n) is 8.02. The molecule has 24 heavy (non-hydrogen) atoms. The summed E-state index contributed by atoms with van der Waals surface area (Å²) in [5, 5.41) is 17.3. The summed E-state index contributed by atoms with van der Waals surface area (Å²) >= 11 is 0. The van der Waals surface area contributed by atoms with Gasteiger partial charge in [-0.3, -0.25) is 4.79 Å². The van der Waals surface area contributed by atoms with Gasteiger partial charge >= 0.3 is 0 Å². The Bertz CT molecular complexity index is 769. The fourth-order valence-electron chi connectivity index (χ4n) is 3.01. The van der Waals surface area contributed by atoms with E-state index in [9.17, 15) is 4.79 Å². The standard InChI is InChI=1S/C18H19N5O/c1-14(24)16-6-5-15(13-19)12-17(16)22-8-3-9-23(11-10-22)18-4-2-7-20-21-18/h2,4-7,12H,3,8-11H2,1H3. The van der Waals surface area contributed by atoms with Crippen molar-refractivity contribution in [3.63, 3.8) is 0 Å². The monoisotopic (exact) mass is 321 g/mol. The van der Waals surface area contributed by atoms with Gasteiger partial charge < -0.3 is 9.80 Å². The van der Waals surface area contributed by atoms with E-state index in [0.717, 1.165) is 44.1 Å². The molecule has 0 amide bonds. The van der Waals surface area contributed by atoms with Crippen molar-refractivity contribution in [2.75, 3.05) is 36.0 Å². The van der Waals surface area contributed by atoms with Crippen LogP contribution in [0, 0.1) is 11.3 Å². The molecule has 0 bridgehead atoms. The molecular weight excluding hydrogens is 302 g/mol. The summed E-state index contributed by atoms with van der Waals surface area (Å²) in [6.45, 7) is 4.86. The minimum Gasteiger partial charge on any atom is -0.369 e. The van der Waals surface area contributed by atoms with Gasteiger partial charge in [-0.15, -0.1) is 5.10 Å². The van der Waals surface area contributed by atoms with E-state index in [1.807, 2.05) is 18.2 Å². The second kappa shape index (κ2) is 7.09. The Kier molecular flexibility index (Phi) is 4.71. The van der Waals surface area contributed by atoms with E-state index < -0.39 is 0 Å². The molecule has 0 saturated carbocycles. The zero-order chi connectivity index (χ0) is 16.9. The van der Waals surface area contributed by atoms with E-state index in [4.69, 9.17) is 5.26 Å². The van der Waals surface area contributed by atoms with E-state index in [1.165, 1.54) is 0 Å². The minimum absolute atomic E-state index is 0.0181. The van der Waals surface area contributed by atoms with Crippen LogP contribution < -0.4 is 9.80 Å². The van der Waals surface area contributed by atoms with Crippen LogP contribution in [0.5, 0.6) is 0 Å². The minimum atomic E-state index is 0.0181. The van der Waals surface area contributed by atoms with Crippen LogP contribution in [-0.4, -0.2) is 42.2 Å². The molecule has 1 saturated heterocycles. The van der Waals surface area contributed by atoms with Crippen molar-refractivity contribution in [2.24, 2.45) is 0 Å². The van der Waals surface area contributed by atoms with E-state index in [2.05, 4.69) is 26.1 Å². The Morgan fingerprint density at radius 3 is 2.67 bits per heavy atom. The van der Waals surface area contributed by atoms with Crippen molar-refractivity contribution in [3.05, 3.63) is 47.7 Å². The molecule has 0 spiro atoms. The lowest BCUT2D eigenvalue weighted by molar-refractivity contribution is 0.101. The van der Waals surface area contributed by atoms with Crippen LogP contribution in [-0.2, 0) is 0 Å². The molecule has 0 atom stereocenters. The SMILES string of the molecule is CC(=O)c1ccc(C#N)cc1N1CCCN(c2cccnn2)CC1. The highest BCUT2D eigenvalue weighted by atomic mass is 16.1. The van der Waals surface area contributed by atoms with Gasteiger partial charge in [-0.25, -0.2) is 0 Å². The van der Waals surface area contributed by atoms with E-state index in [-0.39, 0.29) is 5.78 Å². The van der Waals surface area contributed by atoms with Gasteiger partial charge in [-0.05, 0) is 43.7 Å². The van der Waals surface area contributed by atoms with Gasteiger partial charge in [0.2, 0.25) is 0 Å². The third-order valence-electron chi connectivity index (χ3n) is 4.22. The highest BCUT2D eigenvalue weighted by molar-refractivity contribution is 6.00. The van der Waals surface area contributed by atoms with Crippen LogP contribution in [0.3, 0.4) is 0 Å². The summed E-state index contributed by atoms with van der Waals surface area (Å²) < 4.78 is 0. The average molecular weight is 321 g/mol. The third kappa shape index (κ3) is 3.35. The summed E-state index contributed by atoms with van der Waals surface area (Å²) in [7, 11) is 0. The molecule has 6 heteroatoms. The van der Waals surface area contributed by atoms with Crippen molar-refractivity contribution >= 4 is 17.3 Å². The molecule has 1 aliphatic rings. The van der Waals surface area contributed by atoms with Crippen LogP contribution in [0.1, 0.15) is 29.3 Å². The zero-order valence-electron chi connectivity index (χ0n) is 13.6. The van der Waals surface area contributed by atoms with Crippen LogP contribution >= 0.6 is 0 Å². The summed E-state index contributed by atoms with van der Waals surface area (Å²) in [5.41, 5.74) is 2.09. The van der Waals surface area contributed by atoms with Gasteiger partial charge in [-0.2, -0.15) is 10.4 Å². The van der Waals surface area contributed by atoms with Crippen molar-refractivity contribution in [1.29, 1.82) is 5.26 Å². The van der Waals surface area contributed by atoms with Crippen LogP contribution in [0.25, 0.3) is 0 Å². The number of ketones is 1. The Morgan fingerprint density at radius 2 is 1.96 bits per heavy atom. The number of benzene rings is 1. The molecule has 122 valence electrons. The normalized spacial score (nSPS) is 14.8. The Hall–Kier alpha value is -2.94. The third-order valence-corrected chi connectivity index (χ3v) is 4.22. The number of anilines is 2. The molecule has 3 rings (SSSR count). The molecule has 2 aromatic rings. The highest BCUT2D eigenvalue weighted by Crippen LogP contribution is 2.25. The van der Waals surface area contributed by atoms with Gasteiger partial charge in [0.15, 0.2) is 11.6 Å². The maximum absolute atomic E-state index is 11.9. The number of Topliss-reactive ketones (excluding diaryl/α,β-unsaturated/α-hetero) is 1. The van der Waals surface area contributed by atoms with Crippen molar-refractivity contribution < 1.29 is 4.79 Å². The number of rotatable bonds is 3. The number of aromatic nitrogens is 2. The predicted octanol–water partition coefficient (Wildman–Crippen LogP) is 2.27. The Labute approximate surface area is 141 Å². The lowest BCUT2D eigenvalue weighted by Crippen LogP contribution is -2.32. The molecule has 1 aromatic carbocycles. The molecule has 0 unspecified atom stereocenters. The van der Waals surface area contributed by atoms with Gasteiger partial charge in [0, 0.05) is 43.6 Å². The summed E-state index contributed by atoms with van der Waals surface area (Å²) in [4.78, 5) is 16.3. The molecule has 0 aliphatic carbocycles. The van der Waals surface area contributed by atoms with Crippen LogP contribution in [0.4, 0.5) is 11.5 Å². The number of nitriles is 1. The molecule has 6 nitrogen and oxygen atoms in total. The summed E-state index contributed by atoms with van der Waals surface area (Å²) in [6, 6.07) is 11.3. The smallest absolute Gasteiger partial charge is 0.161 e. The fourth-order valence-corrected chi connectivity index (χ4v) is 3.01. The van der Waals surface area contributed by atoms with Crippen molar-refractivity contribution in [3.8, 4) is 6.07 Å². The molecule has 1 aliphatic heterocycles. The number of carbonyl (C=O) groups excluding carboxylic acids is 1. The maximum atomic E-state index is 11.9. The summed E-state index contributed by atoms with van der Waals surface area (Å²) in [5.74, 6) is 0.890. The van der Waals surface area contributed by atoms with Crippen molar-refractivity contribution in [1.82, 2.24) is 10.2 Å². The topological polar surface area (TPSA) is 73.1 Å². The quantitative estimate of drug-likeness (QED) is 0.808. The number of hydrogen-bond donors (Lipinski definition) is 0. The number of hydrogen-bond acceptors (Lipinski definition) is 6. The van der Waals surface area contributed by atoms with Crippen molar-refractivity contribution in [2.45, 2.75) is 13.3 Å². The molecule has 0 N–H and O–H groups in total. The predicted molar refractivity (Wildman–Crippen MR) is 92.2 cm³/mol. The van der Waals surface area contributed by atoms with Gasteiger partial charge in [0.1, 0.15) is 0 Å². The number of nitrogens with zero attached hydrogens (tertiary/aromatic N) is 5. The molecule has 1 fully saturated rings. The lowest BCUT2D eigenvalue weighted by Gasteiger charge is -2.25. The number of carbonyl (C=O) groups is 1. The summed E-state index contributed by atoms with van der Waals surface area (Å²) in [6.07, 6.45) is 2.62. The van der Waals surface area contributed by atoms with E-state index in [1.54, 1.807) is 25.3 Å². The fraction of sp³-hybridized carbons (Fsp3) is 0.333. The molecule has 1 aromatic heterocycles. The maximum Gasteiger partial charge on any atom is 0.161 e. The van der Waals surface area contributed by atoms with E-state index >= 15 is 0 Å². The lowest BCUT2D eigenvalue weighted by atomic mass is 10.1. The second-order valence-corrected chi connectivity index (χ2v) is 5.81. The first-order chi connectivity index (χ1) is 11.7.